The van der Waals surface area contributed by atoms with Crippen LogP contribution in [0.3, 0.4) is 0 Å². The number of anilines is 1. The summed E-state index contributed by atoms with van der Waals surface area (Å²) >= 11 is 0. The second-order valence-corrected chi connectivity index (χ2v) is 4.39. The van der Waals surface area contributed by atoms with Crippen molar-refractivity contribution in [1.29, 1.82) is 0 Å². The fraction of sp³-hybridized carbons (Fsp3) is 0.231. The SMILES string of the molecule is Cc1ccc(NC(=O)C(=O)NC(C)c2ncn[nH]2)cc1. The van der Waals surface area contributed by atoms with Gasteiger partial charge in [-0.15, -0.1) is 0 Å². The van der Waals surface area contributed by atoms with Gasteiger partial charge in [-0.05, 0) is 26.0 Å². The Morgan fingerprint density at radius 2 is 1.90 bits per heavy atom. The normalized spacial score (nSPS) is 11.7. The first-order valence-corrected chi connectivity index (χ1v) is 6.10. The van der Waals surface area contributed by atoms with Gasteiger partial charge < -0.3 is 10.6 Å². The van der Waals surface area contributed by atoms with Crippen LogP contribution in [0.2, 0.25) is 0 Å². The molecular weight excluding hydrogens is 258 g/mol. The van der Waals surface area contributed by atoms with E-state index in [-0.39, 0.29) is 0 Å². The molecule has 0 spiro atoms. The first kappa shape index (κ1) is 13.7. The molecule has 1 atom stereocenters. The lowest BCUT2D eigenvalue weighted by Crippen LogP contribution is -2.37. The van der Waals surface area contributed by atoms with E-state index in [0.717, 1.165) is 5.56 Å². The fourth-order valence-corrected chi connectivity index (χ4v) is 1.58. The number of amides is 2. The van der Waals surface area contributed by atoms with E-state index < -0.39 is 17.9 Å². The third kappa shape index (κ3) is 3.41. The number of aromatic amines is 1. The maximum absolute atomic E-state index is 11.7. The van der Waals surface area contributed by atoms with Crippen molar-refractivity contribution in [2.75, 3.05) is 5.32 Å². The molecule has 0 bridgehead atoms. The van der Waals surface area contributed by atoms with Crippen LogP contribution in [0.25, 0.3) is 0 Å². The first-order chi connectivity index (χ1) is 9.56. The molecule has 7 nitrogen and oxygen atoms in total. The molecule has 0 aliphatic heterocycles. The van der Waals surface area contributed by atoms with Crippen LogP contribution in [0.15, 0.2) is 30.6 Å². The molecule has 0 saturated carbocycles. The Hall–Kier alpha value is -2.70. The van der Waals surface area contributed by atoms with Crippen LogP contribution in [-0.2, 0) is 9.59 Å². The number of nitrogens with zero attached hydrogens (tertiary/aromatic N) is 2. The van der Waals surface area contributed by atoms with Crippen LogP contribution in [-0.4, -0.2) is 27.0 Å². The number of aryl methyl sites for hydroxylation is 1. The molecule has 7 heteroatoms. The van der Waals surface area contributed by atoms with Crippen molar-refractivity contribution >= 4 is 17.5 Å². The summed E-state index contributed by atoms with van der Waals surface area (Å²) in [6, 6.07) is 6.75. The predicted molar refractivity (Wildman–Crippen MR) is 72.7 cm³/mol. The van der Waals surface area contributed by atoms with Gasteiger partial charge in [0.15, 0.2) is 0 Å². The van der Waals surface area contributed by atoms with E-state index in [1.807, 2.05) is 19.1 Å². The minimum atomic E-state index is -0.727. The van der Waals surface area contributed by atoms with Crippen LogP contribution in [0.4, 0.5) is 5.69 Å². The highest BCUT2D eigenvalue weighted by Crippen LogP contribution is 2.09. The highest BCUT2D eigenvalue weighted by Gasteiger charge is 2.18. The van der Waals surface area contributed by atoms with Crippen LogP contribution in [0.5, 0.6) is 0 Å². The number of nitrogens with one attached hydrogen (secondary N) is 3. The van der Waals surface area contributed by atoms with Crippen LogP contribution >= 0.6 is 0 Å². The second kappa shape index (κ2) is 5.96. The van der Waals surface area contributed by atoms with E-state index in [9.17, 15) is 9.59 Å². The number of H-pyrrole nitrogens is 1. The van der Waals surface area contributed by atoms with E-state index in [1.165, 1.54) is 6.33 Å². The Kier molecular flexibility index (Phi) is 4.09. The zero-order valence-electron chi connectivity index (χ0n) is 11.2. The average Bonchev–Trinajstić information content (AvgIpc) is 2.95. The van der Waals surface area contributed by atoms with Crippen LogP contribution in [0.1, 0.15) is 24.4 Å². The van der Waals surface area contributed by atoms with E-state index in [1.54, 1.807) is 19.1 Å². The van der Waals surface area contributed by atoms with Crippen molar-refractivity contribution in [2.24, 2.45) is 0 Å². The van der Waals surface area contributed by atoms with Gasteiger partial charge in [0.2, 0.25) is 0 Å². The van der Waals surface area contributed by atoms with E-state index in [2.05, 4.69) is 25.8 Å². The molecule has 1 unspecified atom stereocenters. The summed E-state index contributed by atoms with van der Waals surface area (Å²) < 4.78 is 0. The Balaban J connectivity index is 1.92. The largest absolute Gasteiger partial charge is 0.338 e. The maximum Gasteiger partial charge on any atom is 0.313 e. The Morgan fingerprint density at radius 3 is 2.50 bits per heavy atom. The average molecular weight is 273 g/mol. The highest BCUT2D eigenvalue weighted by atomic mass is 16.2. The first-order valence-electron chi connectivity index (χ1n) is 6.10. The molecule has 20 heavy (non-hydrogen) atoms. The minimum Gasteiger partial charge on any atom is -0.338 e. The summed E-state index contributed by atoms with van der Waals surface area (Å²) in [5.74, 6) is -0.962. The summed E-state index contributed by atoms with van der Waals surface area (Å²) in [7, 11) is 0. The molecule has 2 amide bonds. The zero-order chi connectivity index (χ0) is 14.5. The van der Waals surface area contributed by atoms with Crippen LogP contribution < -0.4 is 10.6 Å². The standard InChI is InChI=1S/C13H15N5O2/c1-8-3-5-10(6-4-8)17-13(20)12(19)16-9(2)11-14-7-15-18-11/h3-7,9H,1-2H3,(H,16,19)(H,17,20)(H,14,15,18). The lowest BCUT2D eigenvalue weighted by atomic mass is 10.2. The second-order valence-electron chi connectivity index (χ2n) is 4.39. The molecule has 104 valence electrons. The van der Waals surface area contributed by atoms with Crippen molar-refractivity contribution in [3.63, 3.8) is 0 Å². The molecule has 0 aliphatic rings. The summed E-state index contributed by atoms with van der Waals surface area (Å²) in [5, 5.41) is 11.4. The molecule has 0 saturated heterocycles. The summed E-state index contributed by atoms with van der Waals surface area (Å²) in [5.41, 5.74) is 1.65. The van der Waals surface area contributed by atoms with Gasteiger partial charge in [0.25, 0.3) is 0 Å². The Bertz CT molecular complexity index is 592. The lowest BCUT2D eigenvalue weighted by Gasteiger charge is -2.11. The summed E-state index contributed by atoms with van der Waals surface area (Å²) in [6.45, 7) is 3.65. The fourth-order valence-electron chi connectivity index (χ4n) is 1.58. The van der Waals surface area contributed by atoms with Gasteiger partial charge in [0.1, 0.15) is 12.2 Å². The van der Waals surface area contributed by atoms with Crippen molar-refractivity contribution in [2.45, 2.75) is 19.9 Å². The van der Waals surface area contributed by atoms with Gasteiger partial charge in [-0.2, -0.15) is 5.10 Å². The summed E-state index contributed by atoms with van der Waals surface area (Å²) in [6.07, 6.45) is 1.34. The molecule has 2 aromatic rings. The molecule has 0 aliphatic carbocycles. The molecule has 1 heterocycles. The van der Waals surface area contributed by atoms with Gasteiger partial charge in [-0.1, -0.05) is 17.7 Å². The van der Waals surface area contributed by atoms with E-state index in [0.29, 0.717) is 11.5 Å². The number of hydrogen-bond donors (Lipinski definition) is 3. The highest BCUT2D eigenvalue weighted by molar-refractivity contribution is 6.39. The summed E-state index contributed by atoms with van der Waals surface area (Å²) in [4.78, 5) is 27.4. The van der Waals surface area contributed by atoms with Gasteiger partial charge in [0.05, 0.1) is 6.04 Å². The number of hydrogen-bond acceptors (Lipinski definition) is 4. The molecule has 1 aromatic carbocycles. The molecule has 0 radical (unpaired) electrons. The Labute approximate surface area is 115 Å². The maximum atomic E-state index is 11.7. The minimum absolute atomic E-state index is 0.422. The predicted octanol–water partition coefficient (Wildman–Crippen LogP) is 0.929. The lowest BCUT2D eigenvalue weighted by molar-refractivity contribution is -0.136. The number of rotatable bonds is 3. The number of carbonyl (C=O) groups excluding carboxylic acids is 2. The number of aromatic nitrogens is 3. The zero-order valence-corrected chi connectivity index (χ0v) is 11.2. The molecule has 3 N–H and O–H groups in total. The monoisotopic (exact) mass is 273 g/mol. The molecule has 0 fully saturated rings. The van der Waals surface area contributed by atoms with Crippen molar-refractivity contribution in [3.8, 4) is 0 Å². The van der Waals surface area contributed by atoms with E-state index in [4.69, 9.17) is 0 Å². The van der Waals surface area contributed by atoms with Gasteiger partial charge >= 0.3 is 11.8 Å². The smallest absolute Gasteiger partial charge is 0.313 e. The van der Waals surface area contributed by atoms with E-state index >= 15 is 0 Å². The van der Waals surface area contributed by atoms with Gasteiger partial charge in [-0.25, -0.2) is 4.98 Å². The number of carbonyl (C=O) groups is 2. The quantitative estimate of drug-likeness (QED) is 0.724. The van der Waals surface area contributed by atoms with Crippen molar-refractivity contribution < 1.29 is 9.59 Å². The molecule has 2 rings (SSSR count). The topological polar surface area (TPSA) is 99.8 Å². The van der Waals surface area contributed by atoms with Gasteiger partial charge in [-0.3, -0.25) is 14.7 Å². The third-order valence-corrected chi connectivity index (χ3v) is 2.71. The molecular formula is C13H15N5O2. The number of benzene rings is 1. The van der Waals surface area contributed by atoms with Gasteiger partial charge in [0, 0.05) is 5.69 Å². The Morgan fingerprint density at radius 1 is 1.20 bits per heavy atom. The molecule has 1 aromatic heterocycles. The van der Waals surface area contributed by atoms with Crippen molar-refractivity contribution in [3.05, 3.63) is 42.0 Å². The third-order valence-electron chi connectivity index (χ3n) is 2.71. The van der Waals surface area contributed by atoms with Crippen LogP contribution in [0, 0.1) is 6.92 Å². The van der Waals surface area contributed by atoms with Crippen molar-refractivity contribution in [1.82, 2.24) is 20.5 Å².